The Morgan fingerprint density at radius 2 is 2.00 bits per heavy atom. The van der Waals surface area contributed by atoms with Crippen molar-refractivity contribution < 1.29 is 9.18 Å². The molecule has 0 unspecified atom stereocenters. The molecule has 0 aliphatic carbocycles. The molecule has 0 N–H and O–H groups in total. The van der Waals surface area contributed by atoms with Crippen LogP contribution in [0.2, 0.25) is 0 Å². The summed E-state index contributed by atoms with van der Waals surface area (Å²) < 4.78 is 13.9. The van der Waals surface area contributed by atoms with Gasteiger partial charge in [-0.05, 0) is 44.9 Å². The number of nitrogens with zero attached hydrogens (tertiary/aromatic N) is 1. The molecule has 0 saturated heterocycles. The van der Waals surface area contributed by atoms with Crippen molar-refractivity contribution in [3.8, 4) is 0 Å². The van der Waals surface area contributed by atoms with E-state index in [4.69, 9.17) is 0 Å². The topological polar surface area (TPSA) is 20.3 Å². The fourth-order valence-corrected chi connectivity index (χ4v) is 2.07. The first kappa shape index (κ1) is 15.7. The normalized spacial score (nSPS) is 10.8. The molecule has 0 fully saturated rings. The Labute approximate surface area is 115 Å². The highest BCUT2D eigenvalue weighted by molar-refractivity contribution is 5.94. The lowest BCUT2D eigenvalue weighted by Crippen LogP contribution is -2.38. The highest BCUT2D eigenvalue weighted by atomic mass is 19.1. The molecule has 0 aliphatic heterocycles. The molecule has 0 spiro atoms. The van der Waals surface area contributed by atoms with Gasteiger partial charge in [0.25, 0.3) is 5.91 Å². The van der Waals surface area contributed by atoms with Gasteiger partial charge in [0.15, 0.2) is 0 Å². The smallest absolute Gasteiger partial charge is 0.257 e. The SMILES string of the molecule is CCCCCN(C(=O)c1ccc(C)cc1F)C(C)C. The number of carbonyl (C=O) groups is 1. The Morgan fingerprint density at radius 3 is 2.53 bits per heavy atom. The third-order valence-corrected chi connectivity index (χ3v) is 3.24. The zero-order valence-electron chi connectivity index (χ0n) is 12.4. The van der Waals surface area contributed by atoms with Crippen molar-refractivity contribution >= 4 is 5.91 Å². The Morgan fingerprint density at radius 1 is 1.32 bits per heavy atom. The number of unbranched alkanes of at least 4 members (excludes halogenated alkanes) is 2. The molecule has 1 aromatic carbocycles. The summed E-state index contributed by atoms with van der Waals surface area (Å²) in [5, 5.41) is 0. The van der Waals surface area contributed by atoms with E-state index in [1.807, 2.05) is 20.8 Å². The highest BCUT2D eigenvalue weighted by Gasteiger charge is 2.21. The Balaban J connectivity index is 2.86. The van der Waals surface area contributed by atoms with Crippen LogP contribution in [-0.4, -0.2) is 23.4 Å². The minimum atomic E-state index is -0.425. The molecule has 0 bridgehead atoms. The molecule has 0 radical (unpaired) electrons. The minimum Gasteiger partial charge on any atom is -0.336 e. The molecule has 0 heterocycles. The van der Waals surface area contributed by atoms with E-state index >= 15 is 0 Å². The fraction of sp³-hybridized carbons (Fsp3) is 0.562. The number of hydrogen-bond acceptors (Lipinski definition) is 1. The van der Waals surface area contributed by atoms with Crippen LogP contribution in [-0.2, 0) is 0 Å². The summed E-state index contributed by atoms with van der Waals surface area (Å²) in [4.78, 5) is 14.2. The van der Waals surface area contributed by atoms with Gasteiger partial charge in [0.1, 0.15) is 5.82 Å². The second-order valence-corrected chi connectivity index (χ2v) is 5.28. The first-order valence-electron chi connectivity index (χ1n) is 7.04. The van der Waals surface area contributed by atoms with E-state index in [1.54, 1.807) is 17.0 Å². The lowest BCUT2D eigenvalue weighted by Gasteiger charge is -2.27. The number of hydrogen-bond donors (Lipinski definition) is 0. The van der Waals surface area contributed by atoms with Gasteiger partial charge in [-0.3, -0.25) is 4.79 Å². The summed E-state index contributed by atoms with van der Waals surface area (Å²) >= 11 is 0. The molecule has 0 saturated carbocycles. The molecule has 0 atom stereocenters. The average Bonchev–Trinajstić information content (AvgIpc) is 2.33. The standard InChI is InChI=1S/C16H24FNO/c1-5-6-7-10-18(12(2)3)16(19)14-9-8-13(4)11-15(14)17/h8-9,11-12H,5-7,10H2,1-4H3. The molecule has 0 aliphatic rings. The zero-order chi connectivity index (χ0) is 14.4. The Bertz CT molecular complexity index is 429. The summed E-state index contributed by atoms with van der Waals surface area (Å²) in [6.07, 6.45) is 3.17. The van der Waals surface area contributed by atoms with E-state index in [9.17, 15) is 9.18 Å². The Hall–Kier alpha value is -1.38. The van der Waals surface area contributed by atoms with Gasteiger partial charge >= 0.3 is 0 Å². The highest BCUT2D eigenvalue weighted by Crippen LogP contribution is 2.15. The maximum absolute atomic E-state index is 13.9. The monoisotopic (exact) mass is 265 g/mol. The van der Waals surface area contributed by atoms with Crippen LogP contribution in [0.4, 0.5) is 4.39 Å². The van der Waals surface area contributed by atoms with Crippen molar-refractivity contribution in [2.75, 3.05) is 6.54 Å². The molecule has 106 valence electrons. The van der Waals surface area contributed by atoms with E-state index in [0.717, 1.165) is 24.8 Å². The summed E-state index contributed by atoms with van der Waals surface area (Å²) in [5.74, 6) is -0.630. The van der Waals surface area contributed by atoms with E-state index in [2.05, 4.69) is 6.92 Å². The van der Waals surface area contributed by atoms with Crippen LogP contribution in [0.15, 0.2) is 18.2 Å². The van der Waals surface area contributed by atoms with Crippen LogP contribution in [0.3, 0.4) is 0 Å². The van der Waals surface area contributed by atoms with Crippen molar-refractivity contribution in [1.82, 2.24) is 4.90 Å². The predicted molar refractivity (Wildman–Crippen MR) is 76.8 cm³/mol. The third kappa shape index (κ3) is 4.34. The minimum absolute atomic E-state index is 0.0880. The van der Waals surface area contributed by atoms with Gasteiger partial charge in [0, 0.05) is 12.6 Å². The molecule has 19 heavy (non-hydrogen) atoms. The van der Waals surface area contributed by atoms with Gasteiger partial charge < -0.3 is 4.90 Å². The molecule has 0 aromatic heterocycles. The summed E-state index contributed by atoms with van der Waals surface area (Å²) in [6.45, 7) is 8.57. The lowest BCUT2D eigenvalue weighted by atomic mass is 10.1. The van der Waals surface area contributed by atoms with Crippen LogP contribution in [0.1, 0.15) is 56.0 Å². The van der Waals surface area contributed by atoms with Crippen molar-refractivity contribution in [3.63, 3.8) is 0 Å². The van der Waals surface area contributed by atoms with Crippen LogP contribution >= 0.6 is 0 Å². The van der Waals surface area contributed by atoms with Crippen LogP contribution in [0, 0.1) is 12.7 Å². The second kappa shape index (κ2) is 7.27. The molecular formula is C16H24FNO. The van der Waals surface area contributed by atoms with E-state index in [0.29, 0.717) is 6.54 Å². The number of carbonyl (C=O) groups excluding carboxylic acids is 1. The zero-order valence-corrected chi connectivity index (χ0v) is 12.4. The predicted octanol–water partition coefficient (Wildman–Crippen LogP) is 4.17. The van der Waals surface area contributed by atoms with Crippen molar-refractivity contribution in [1.29, 1.82) is 0 Å². The number of rotatable bonds is 6. The molecular weight excluding hydrogens is 241 g/mol. The first-order valence-corrected chi connectivity index (χ1v) is 7.04. The van der Waals surface area contributed by atoms with Crippen molar-refractivity contribution in [2.45, 2.75) is 53.0 Å². The molecule has 1 rings (SSSR count). The summed E-state index contributed by atoms with van der Waals surface area (Å²) in [7, 11) is 0. The van der Waals surface area contributed by atoms with Gasteiger partial charge in [0.2, 0.25) is 0 Å². The van der Waals surface area contributed by atoms with Gasteiger partial charge in [-0.2, -0.15) is 0 Å². The largest absolute Gasteiger partial charge is 0.336 e. The van der Waals surface area contributed by atoms with Gasteiger partial charge in [-0.1, -0.05) is 25.8 Å². The van der Waals surface area contributed by atoms with Crippen molar-refractivity contribution in [2.24, 2.45) is 0 Å². The van der Waals surface area contributed by atoms with Crippen LogP contribution in [0.25, 0.3) is 0 Å². The van der Waals surface area contributed by atoms with Crippen LogP contribution in [0.5, 0.6) is 0 Å². The number of amides is 1. The van der Waals surface area contributed by atoms with E-state index in [1.165, 1.54) is 6.07 Å². The first-order chi connectivity index (χ1) is 8.97. The van der Waals surface area contributed by atoms with Gasteiger partial charge in [-0.25, -0.2) is 4.39 Å². The second-order valence-electron chi connectivity index (χ2n) is 5.28. The summed E-state index contributed by atoms with van der Waals surface area (Å²) in [5.41, 5.74) is 1.01. The van der Waals surface area contributed by atoms with E-state index < -0.39 is 5.82 Å². The van der Waals surface area contributed by atoms with Gasteiger partial charge in [-0.15, -0.1) is 0 Å². The molecule has 1 aromatic rings. The lowest BCUT2D eigenvalue weighted by molar-refractivity contribution is 0.0697. The number of aryl methyl sites for hydroxylation is 1. The number of benzene rings is 1. The molecule has 3 heteroatoms. The maximum atomic E-state index is 13.9. The Kier molecular flexibility index (Phi) is 6.00. The van der Waals surface area contributed by atoms with Gasteiger partial charge in [0.05, 0.1) is 5.56 Å². The van der Waals surface area contributed by atoms with Crippen LogP contribution < -0.4 is 0 Å². The quantitative estimate of drug-likeness (QED) is 0.707. The van der Waals surface area contributed by atoms with Crippen molar-refractivity contribution in [3.05, 3.63) is 35.1 Å². The maximum Gasteiger partial charge on any atom is 0.257 e. The fourth-order valence-electron chi connectivity index (χ4n) is 2.07. The number of halogens is 1. The summed E-state index contributed by atoms with van der Waals surface area (Å²) in [6, 6.07) is 4.87. The third-order valence-electron chi connectivity index (χ3n) is 3.24. The molecule has 1 amide bonds. The molecule has 2 nitrogen and oxygen atoms in total. The van der Waals surface area contributed by atoms with E-state index in [-0.39, 0.29) is 17.5 Å². The average molecular weight is 265 g/mol.